The number of carbonyl (C=O) groups excluding carboxylic acids is 3. The zero-order valence-corrected chi connectivity index (χ0v) is 17.9. The van der Waals surface area contributed by atoms with Crippen molar-refractivity contribution in [2.75, 3.05) is 39.5 Å². The number of carbonyl (C=O) groups is 3. The average Bonchev–Trinajstić information content (AvgIpc) is 2.95. The van der Waals surface area contributed by atoms with Crippen LogP contribution in [0.25, 0.3) is 0 Å². The van der Waals surface area contributed by atoms with Crippen molar-refractivity contribution < 1.29 is 19.1 Å². The number of urea groups is 1. The molecule has 4 amide bonds. The summed E-state index contributed by atoms with van der Waals surface area (Å²) in [5.74, 6) is 0.659. The van der Waals surface area contributed by atoms with E-state index in [1.807, 2.05) is 6.92 Å². The highest BCUT2D eigenvalue weighted by Gasteiger charge is 2.52. The van der Waals surface area contributed by atoms with Crippen molar-refractivity contribution in [3.8, 4) is 0 Å². The molecule has 2 heterocycles. The maximum Gasteiger partial charge on any atom is 0.326 e. The molecule has 164 valence electrons. The Morgan fingerprint density at radius 2 is 1.90 bits per heavy atom. The van der Waals surface area contributed by atoms with Crippen LogP contribution >= 0.6 is 0 Å². The van der Waals surface area contributed by atoms with Gasteiger partial charge in [0.2, 0.25) is 5.91 Å². The molecule has 2 N–H and O–H groups in total. The molecule has 0 bridgehead atoms. The van der Waals surface area contributed by atoms with Crippen LogP contribution in [0.2, 0.25) is 0 Å². The highest BCUT2D eigenvalue weighted by molar-refractivity contribution is 6.07. The third-order valence-electron chi connectivity index (χ3n) is 6.64. The maximum absolute atomic E-state index is 13.0. The minimum absolute atomic E-state index is 0.00706. The number of ether oxygens (including phenoxy) is 1. The Hall–Kier alpha value is -1.67. The summed E-state index contributed by atoms with van der Waals surface area (Å²) in [6, 6.07) is -0.265. The minimum atomic E-state index is -0.677. The first-order chi connectivity index (χ1) is 13.9. The highest BCUT2D eigenvalue weighted by Crippen LogP contribution is 2.36. The third kappa shape index (κ3) is 5.28. The van der Waals surface area contributed by atoms with Crippen molar-refractivity contribution in [3.63, 3.8) is 0 Å². The number of likely N-dealkylation sites (tertiary alicyclic amines) is 1. The van der Waals surface area contributed by atoms with E-state index in [2.05, 4.69) is 22.5 Å². The molecule has 2 saturated heterocycles. The van der Waals surface area contributed by atoms with Crippen molar-refractivity contribution in [2.45, 2.75) is 64.3 Å². The predicted octanol–water partition coefficient (Wildman–Crippen LogP) is 1.70. The van der Waals surface area contributed by atoms with E-state index < -0.39 is 5.54 Å². The van der Waals surface area contributed by atoms with Gasteiger partial charge in [-0.15, -0.1) is 0 Å². The minimum Gasteiger partial charge on any atom is -0.382 e. The number of piperidine rings is 1. The molecule has 1 saturated carbocycles. The Balaban J connectivity index is 1.42. The number of rotatable bonds is 8. The molecule has 3 fully saturated rings. The molecule has 0 aromatic rings. The summed E-state index contributed by atoms with van der Waals surface area (Å²) >= 11 is 0. The van der Waals surface area contributed by atoms with Crippen molar-refractivity contribution in [3.05, 3.63) is 0 Å². The van der Waals surface area contributed by atoms with E-state index in [0.29, 0.717) is 32.3 Å². The molecule has 0 aromatic heterocycles. The van der Waals surface area contributed by atoms with Gasteiger partial charge in [0, 0.05) is 38.8 Å². The van der Waals surface area contributed by atoms with Crippen molar-refractivity contribution in [1.29, 1.82) is 0 Å². The zero-order valence-electron chi connectivity index (χ0n) is 17.9. The topological polar surface area (TPSA) is 91.0 Å². The van der Waals surface area contributed by atoms with E-state index >= 15 is 0 Å². The molecule has 29 heavy (non-hydrogen) atoms. The first-order valence-corrected chi connectivity index (χ1v) is 11.2. The summed E-state index contributed by atoms with van der Waals surface area (Å²) < 4.78 is 5.28. The monoisotopic (exact) mass is 408 g/mol. The molecule has 3 aliphatic rings. The van der Waals surface area contributed by atoms with Crippen LogP contribution in [-0.2, 0) is 14.3 Å². The number of amides is 4. The van der Waals surface area contributed by atoms with E-state index in [1.165, 1.54) is 4.90 Å². The summed E-state index contributed by atoms with van der Waals surface area (Å²) in [6.07, 6.45) is 5.76. The third-order valence-corrected chi connectivity index (χ3v) is 6.64. The van der Waals surface area contributed by atoms with Gasteiger partial charge in [-0.05, 0) is 57.8 Å². The zero-order chi connectivity index (χ0) is 20.9. The van der Waals surface area contributed by atoms with Gasteiger partial charge in [-0.25, -0.2) is 9.69 Å². The van der Waals surface area contributed by atoms with Gasteiger partial charge in [-0.2, -0.15) is 0 Å². The lowest BCUT2D eigenvalue weighted by atomic mass is 9.77. The Kier molecular flexibility index (Phi) is 7.51. The smallest absolute Gasteiger partial charge is 0.326 e. The molecule has 0 atom stereocenters. The summed E-state index contributed by atoms with van der Waals surface area (Å²) in [6.45, 7) is 7.93. The van der Waals surface area contributed by atoms with Crippen LogP contribution in [0.15, 0.2) is 0 Å². The van der Waals surface area contributed by atoms with Crippen LogP contribution in [0.3, 0.4) is 0 Å². The van der Waals surface area contributed by atoms with Gasteiger partial charge >= 0.3 is 6.03 Å². The number of imide groups is 1. The fourth-order valence-electron chi connectivity index (χ4n) is 4.61. The average molecular weight is 409 g/mol. The molecule has 8 nitrogen and oxygen atoms in total. The van der Waals surface area contributed by atoms with Gasteiger partial charge in [0.25, 0.3) is 5.91 Å². The molecule has 0 unspecified atom stereocenters. The summed E-state index contributed by atoms with van der Waals surface area (Å²) in [7, 11) is 0. The second-order valence-electron chi connectivity index (χ2n) is 8.80. The van der Waals surface area contributed by atoms with Crippen molar-refractivity contribution >= 4 is 17.8 Å². The van der Waals surface area contributed by atoms with Crippen LogP contribution in [0, 0.1) is 11.8 Å². The van der Waals surface area contributed by atoms with Gasteiger partial charge in [0.05, 0.1) is 6.67 Å². The standard InChI is InChI=1S/C21H36N4O4/c1-3-29-14-4-11-22-18(26)17-7-12-24(13-8-17)15-25-19(27)21(23-20(25)28)9-5-16(2)6-10-21/h16-17H,3-15H2,1-2H3,(H,22,26)(H,23,28). The number of hydrogen-bond acceptors (Lipinski definition) is 5. The van der Waals surface area contributed by atoms with E-state index in [1.54, 1.807) is 0 Å². The van der Waals surface area contributed by atoms with Crippen LogP contribution in [0.5, 0.6) is 0 Å². The van der Waals surface area contributed by atoms with Gasteiger partial charge in [0.1, 0.15) is 5.54 Å². The van der Waals surface area contributed by atoms with Gasteiger partial charge < -0.3 is 15.4 Å². The van der Waals surface area contributed by atoms with Crippen LogP contribution in [0.1, 0.15) is 58.8 Å². The Morgan fingerprint density at radius 3 is 2.55 bits per heavy atom. The molecule has 1 aliphatic carbocycles. The molecule has 8 heteroatoms. The molecular formula is C21H36N4O4. The van der Waals surface area contributed by atoms with Gasteiger partial charge in [-0.3, -0.25) is 14.5 Å². The molecule has 0 radical (unpaired) electrons. The Morgan fingerprint density at radius 1 is 1.21 bits per heavy atom. The fourth-order valence-corrected chi connectivity index (χ4v) is 4.61. The summed E-state index contributed by atoms with van der Waals surface area (Å²) in [4.78, 5) is 41.3. The Labute approximate surface area is 173 Å². The SMILES string of the molecule is CCOCCCNC(=O)C1CCN(CN2C(=O)NC3(CCC(C)CC3)C2=O)CC1. The van der Waals surface area contributed by atoms with E-state index in [-0.39, 0.29) is 23.8 Å². The number of nitrogens with one attached hydrogen (secondary N) is 2. The molecule has 0 aromatic carbocycles. The summed E-state index contributed by atoms with van der Waals surface area (Å²) in [5.41, 5.74) is -0.677. The normalized spacial score (nSPS) is 28.8. The van der Waals surface area contributed by atoms with Crippen molar-refractivity contribution in [2.24, 2.45) is 11.8 Å². The van der Waals surface area contributed by atoms with Gasteiger partial charge in [0.15, 0.2) is 0 Å². The number of nitrogens with zero attached hydrogens (tertiary/aromatic N) is 2. The van der Waals surface area contributed by atoms with Crippen LogP contribution < -0.4 is 10.6 Å². The summed E-state index contributed by atoms with van der Waals surface area (Å²) in [5, 5.41) is 5.97. The second-order valence-corrected chi connectivity index (χ2v) is 8.80. The lowest BCUT2D eigenvalue weighted by molar-refractivity contribution is -0.135. The van der Waals surface area contributed by atoms with Crippen LogP contribution in [0.4, 0.5) is 4.79 Å². The van der Waals surface area contributed by atoms with E-state index in [9.17, 15) is 14.4 Å². The fraction of sp³-hybridized carbons (Fsp3) is 0.857. The first-order valence-electron chi connectivity index (χ1n) is 11.2. The van der Waals surface area contributed by atoms with Gasteiger partial charge in [-0.1, -0.05) is 6.92 Å². The largest absolute Gasteiger partial charge is 0.382 e. The second kappa shape index (κ2) is 9.89. The highest BCUT2D eigenvalue weighted by atomic mass is 16.5. The first kappa shape index (κ1) is 22.0. The molecular weight excluding hydrogens is 372 g/mol. The Bertz CT molecular complexity index is 595. The lowest BCUT2D eigenvalue weighted by Gasteiger charge is -2.35. The quantitative estimate of drug-likeness (QED) is 0.471. The molecule has 2 aliphatic heterocycles. The predicted molar refractivity (Wildman–Crippen MR) is 109 cm³/mol. The molecule has 1 spiro atoms. The maximum atomic E-state index is 13.0. The number of hydrogen-bond donors (Lipinski definition) is 2. The lowest BCUT2D eigenvalue weighted by Crippen LogP contribution is -2.50. The molecule has 3 rings (SSSR count). The van der Waals surface area contributed by atoms with E-state index in [0.717, 1.165) is 58.0 Å². The van der Waals surface area contributed by atoms with Crippen molar-refractivity contribution in [1.82, 2.24) is 20.4 Å². The van der Waals surface area contributed by atoms with E-state index in [4.69, 9.17) is 4.74 Å². The van der Waals surface area contributed by atoms with Crippen LogP contribution in [-0.4, -0.2) is 72.7 Å².